The molecule has 5 nitrogen and oxygen atoms in total. The topological polar surface area (TPSA) is 84.2 Å². The van der Waals surface area contributed by atoms with Gasteiger partial charge in [0.1, 0.15) is 0 Å². The maximum atomic E-state index is 12.7. The molecule has 29 heavy (non-hydrogen) atoms. The minimum Gasteiger partial charge on any atom is -0.353 e. The number of amides is 2. The summed E-state index contributed by atoms with van der Waals surface area (Å²) in [5.41, 5.74) is 5.97. The van der Waals surface area contributed by atoms with Crippen molar-refractivity contribution in [3.05, 3.63) is 0 Å². The van der Waals surface area contributed by atoms with E-state index >= 15 is 0 Å². The lowest BCUT2D eigenvalue weighted by atomic mass is 9.82. The summed E-state index contributed by atoms with van der Waals surface area (Å²) >= 11 is 0. The smallest absolute Gasteiger partial charge is 0.223 e. The molecule has 0 radical (unpaired) electrons. The van der Waals surface area contributed by atoms with Crippen LogP contribution in [-0.4, -0.2) is 30.4 Å². The van der Waals surface area contributed by atoms with Crippen molar-refractivity contribution in [3.63, 3.8) is 0 Å². The van der Waals surface area contributed by atoms with Crippen molar-refractivity contribution in [2.75, 3.05) is 6.54 Å². The summed E-state index contributed by atoms with van der Waals surface area (Å²) in [7, 11) is 0. The molecule has 0 heterocycles. The van der Waals surface area contributed by atoms with E-state index in [1.165, 1.54) is 64.2 Å². The van der Waals surface area contributed by atoms with Crippen molar-refractivity contribution < 1.29 is 9.59 Å². The maximum Gasteiger partial charge on any atom is 0.223 e. The van der Waals surface area contributed by atoms with Crippen molar-refractivity contribution in [1.82, 2.24) is 10.6 Å². The molecule has 4 N–H and O–H groups in total. The normalized spacial score (nSPS) is 27.5. The largest absolute Gasteiger partial charge is 0.353 e. The Morgan fingerprint density at radius 3 is 2.00 bits per heavy atom. The SMILES string of the molecule is Cl.NCC(NC(=O)C1CCC(NC(=O)CC2CCCCC2)CC1)C1CCCCC1. The van der Waals surface area contributed by atoms with Gasteiger partial charge in [-0.3, -0.25) is 9.59 Å². The molecular weight excluding hydrogens is 386 g/mol. The number of nitrogens with two attached hydrogens (primary N) is 1. The Kier molecular flexibility index (Phi) is 10.8. The van der Waals surface area contributed by atoms with E-state index < -0.39 is 0 Å². The molecule has 3 aliphatic carbocycles. The highest BCUT2D eigenvalue weighted by Crippen LogP contribution is 2.29. The lowest BCUT2D eigenvalue weighted by molar-refractivity contribution is -0.127. The summed E-state index contributed by atoms with van der Waals surface area (Å²) in [5, 5.41) is 6.50. The quantitative estimate of drug-likeness (QED) is 0.572. The number of carbonyl (C=O) groups excluding carboxylic acids is 2. The first-order chi connectivity index (χ1) is 13.7. The number of hydrogen-bond donors (Lipinski definition) is 3. The molecule has 0 aromatic carbocycles. The Morgan fingerprint density at radius 2 is 1.41 bits per heavy atom. The average molecular weight is 428 g/mol. The molecular formula is C23H42ClN3O2. The molecule has 6 heteroatoms. The van der Waals surface area contributed by atoms with Crippen LogP contribution < -0.4 is 16.4 Å². The van der Waals surface area contributed by atoms with Gasteiger partial charge < -0.3 is 16.4 Å². The van der Waals surface area contributed by atoms with Gasteiger partial charge in [-0.1, -0.05) is 38.5 Å². The summed E-state index contributed by atoms with van der Waals surface area (Å²) in [6.45, 7) is 0.545. The second kappa shape index (κ2) is 12.8. The van der Waals surface area contributed by atoms with Gasteiger partial charge in [-0.05, 0) is 63.2 Å². The molecule has 0 aliphatic heterocycles. The van der Waals surface area contributed by atoms with Gasteiger partial charge in [0.05, 0.1) is 0 Å². The second-order valence-electron chi connectivity index (χ2n) is 9.57. The van der Waals surface area contributed by atoms with E-state index in [0.717, 1.165) is 25.7 Å². The molecule has 0 bridgehead atoms. The molecule has 0 saturated heterocycles. The van der Waals surface area contributed by atoms with Gasteiger partial charge in [0.25, 0.3) is 0 Å². The second-order valence-corrected chi connectivity index (χ2v) is 9.57. The van der Waals surface area contributed by atoms with Gasteiger partial charge in [0.15, 0.2) is 0 Å². The van der Waals surface area contributed by atoms with Gasteiger partial charge >= 0.3 is 0 Å². The molecule has 3 rings (SSSR count). The van der Waals surface area contributed by atoms with E-state index in [9.17, 15) is 9.59 Å². The van der Waals surface area contributed by atoms with Crippen molar-refractivity contribution in [1.29, 1.82) is 0 Å². The van der Waals surface area contributed by atoms with Crippen LogP contribution in [0.4, 0.5) is 0 Å². The summed E-state index contributed by atoms with van der Waals surface area (Å²) < 4.78 is 0. The van der Waals surface area contributed by atoms with Crippen LogP contribution in [0.3, 0.4) is 0 Å². The van der Waals surface area contributed by atoms with Gasteiger partial charge in [0, 0.05) is 31.0 Å². The minimum absolute atomic E-state index is 0. The third-order valence-corrected chi connectivity index (χ3v) is 7.46. The molecule has 1 atom stereocenters. The Labute approximate surface area is 183 Å². The fourth-order valence-electron chi connectivity index (χ4n) is 5.65. The summed E-state index contributed by atoms with van der Waals surface area (Å²) in [6.07, 6.45) is 16.9. The Balaban J connectivity index is 0.00000300. The number of halogens is 1. The first-order valence-corrected chi connectivity index (χ1v) is 12.0. The zero-order valence-corrected chi connectivity index (χ0v) is 18.8. The molecule has 168 valence electrons. The van der Waals surface area contributed by atoms with E-state index in [1.54, 1.807) is 0 Å². The molecule has 1 unspecified atom stereocenters. The molecule has 0 aromatic rings. The fraction of sp³-hybridized carbons (Fsp3) is 0.913. The van der Waals surface area contributed by atoms with E-state index in [1.807, 2.05) is 0 Å². The monoisotopic (exact) mass is 427 g/mol. The van der Waals surface area contributed by atoms with E-state index in [-0.39, 0.29) is 42.2 Å². The highest BCUT2D eigenvalue weighted by Gasteiger charge is 2.30. The molecule has 3 aliphatic rings. The molecule has 0 spiro atoms. The minimum atomic E-state index is 0. The third-order valence-electron chi connectivity index (χ3n) is 7.46. The number of hydrogen-bond acceptors (Lipinski definition) is 3. The van der Waals surface area contributed by atoms with Crippen molar-refractivity contribution >= 4 is 24.2 Å². The van der Waals surface area contributed by atoms with Crippen LogP contribution in [0.2, 0.25) is 0 Å². The molecule has 2 amide bonds. The van der Waals surface area contributed by atoms with Crippen molar-refractivity contribution in [2.24, 2.45) is 23.5 Å². The summed E-state index contributed by atoms with van der Waals surface area (Å²) in [6, 6.07) is 0.393. The Morgan fingerprint density at radius 1 is 0.828 bits per heavy atom. The van der Waals surface area contributed by atoms with Crippen LogP contribution in [0.25, 0.3) is 0 Å². The average Bonchev–Trinajstić information content (AvgIpc) is 2.73. The standard InChI is InChI=1S/C23H41N3O2.ClH/c24-16-21(18-9-5-2-6-10-18)26-23(28)19-11-13-20(14-12-19)25-22(27)15-17-7-3-1-4-8-17;/h17-21H,1-16,24H2,(H,25,27)(H,26,28);1H. The number of nitrogens with one attached hydrogen (secondary N) is 2. The Bertz CT molecular complexity index is 496. The van der Waals surface area contributed by atoms with Gasteiger partial charge in [0.2, 0.25) is 11.8 Å². The zero-order valence-electron chi connectivity index (χ0n) is 18.0. The maximum absolute atomic E-state index is 12.7. The highest BCUT2D eigenvalue weighted by molar-refractivity contribution is 5.85. The molecule has 0 aromatic heterocycles. The lowest BCUT2D eigenvalue weighted by Crippen LogP contribution is -2.49. The molecule has 3 fully saturated rings. The summed E-state index contributed by atoms with van der Waals surface area (Å²) in [5.74, 6) is 1.64. The molecule has 3 saturated carbocycles. The predicted octanol–water partition coefficient (Wildman–Crippen LogP) is 4.08. The first kappa shape index (κ1) is 24.5. The van der Waals surface area contributed by atoms with Crippen LogP contribution >= 0.6 is 12.4 Å². The van der Waals surface area contributed by atoms with Crippen LogP contribution in [0.5, 0.6) is 0 Å². The Hall–Kier alpha value is -0.810. The van der Waals surface area contributed by atoms with E-state index in [4.69, 9.17) is 5.73 Å². The summed E-state index contributed by atoms with van der Waals surface area (Å²) in [4.78, 5) is 25.1. The highest BCUT2D eigenvalue weighted by atomic mass is 35.5. The zero-order chi connectivity index (χ0) is 19.8. The van der Waals surface area contributed by atoms with Crippen molar-refractivity contribution in [2.45, 2.75) is 108 Å². The third kappa shape index (κ3) is 7.75. The fourth-order valence-corrected chi connectivity index (χ4v) is 5.65. The predicted molar refractivity (Wildman–Crippen MR) is 120 cm³/mol. The van der Waals surface area contributed by atoms with Crippen LogP contribution in [0.15, 0.2) is 0 Å². The van der Waals surface area contributed by atoms with Crippen LogP contribution in [0, 0.1) is 17.8 Å². The first-order valence-electron chi connectivity index (χ1n) is 12.0. The van der Waals surface area contributed by atoms with Crippen LogP contribution in [0.1, 0.15) is 96.3 Å². The van der Waals surface area contributed by atoms with E-state index in [2.05, 4.69) is 10.6 Å². The van der Waals surface area contributed by atoms with Gasteiger partial charge in [-0.25, -0.2) is 0 Å². The van der Waals surface area contributed by atoms with Gasteiger partial charge in [-0.15, -0.1) is 12.4 Å². The lowest BCUT2D eigenvalue weighted by Gasteiger charge is -2.33. The van der Waals surface area contributed by atoms with E-state index in [0.29, 0.717) is 24.8 Å². The number of rotatable bonds is 7. The van der Waals surface area contributed by atoms with Crippen LogP contribution in [-0.2, 0) is 9.59 Å². The van der Waals surface area contributed by atoms with Gasteiger partial charge in [-0.2, -0.15) is 0 Å². The number of carbonyl (C=O) groups is 2. The van der Waals surface area contributed by atoms with Crippen molar-refractivity contribution in [3.8, 4) is 0 Å².